The Morgan fingerprint density at radius 2 is 1.83 bits per heavy atom. The number of thioether (sulfide) groups is 1. The average Bonchev–Trinajstić information content (AvgIpc) is 3.19. The Kier molecular flexibility index (Phi) is 5.11. The topological polar surface area (TPSA) is 52.2 Å². The number of benzene rings is 2. The van der Waals surface area contributed by atoms with Crippen molar-refractivity contribution in [3.63, 3.8) is 0 Å². The average molecular weight is 419 g/mol. The molecule has 1 fully saturated rings. The summed E-state index contributed by atoms with van der Waals surface area (Å²) in [4.78, 5) is 13.5. The van der Waals surface area contributed by atoms with Crippen molar-refractivity contribution in [3.05, 3.63) is 63.9 Å². The van der Waals surface area contributed by atoms with Crippen molar-refractivity contribution in [1.29, 1.82) is 0 Å². The standard InChI is InChI=1S/C24H26N4OS/c1-16-12-13-17(2)21(14-16)27-22(29)19-10-6-7-11-20(19)28-23(27)25-26-24(28)30-15-18-8-4-3-5-9-18/h6-7,10-14,18H,3-5,8-9,15H2,1-2H3. The Morgan fingerprint density at radius 3 is 2.67 bits per heavy atom. The molecular weight excluding hydrogens is 392 g/mol. The fraction of sp³-hybridized carbons (Fsp3) is 0.375. The van der Waals surface area contributed by atoms with Gasteiger partial charge < -0.3 is 0 Å². The lowest BCUT2D eigenvalue weighted by Gasteiger charge is -2.20. The molecule has 2 aromatic heterocycles. The van der Waals surface area contributed by atoms with Crippen molar-refractivity contribution >= 4 is 28.4 Å². The molecule has 0 unspecified atom stereocenters. The number of hydrogen-bond acceptors (Lipinski definition) is 4. The minimum Gasteiger partial charge on any atom is -0.268 e. The first-order valence-corrected chi connectivity index (χ1v) is 11.7. The molecule has 30 heavy (non-hydrogen) atoms. The highest BCUT2D eigenvalue weighted by molar-refractivity contribution is 7.99. The van der Waals surface area contributed by atoms with Crippen LogP contribution in [0.2, 0.25) is 0 Å². The van der Waals surface area contributed by atoms with Crippen LogP contribution in [0.4, 0.5) is 0 Å². The highest BCUT2D eigenvalue weighted by Gasteiger charge is 2.20. The highest BCUT2D eigenvalue weighted by Crippen LogP contribution is 2.31. The molecule has 1 aliphatic rings. The maximum Gasteiger partial charge on any atom is 0.267 e. The van der Waals surface area contributed by atoms with Crippen molar-refractivity contribution in [3.8, 4) is 5.69 Å². The van der Waals surface area contributed by atoms with Crippen LogP contribution >= 0.6 is 11.8 Å². The molecule has 0 spiro atoms. The molecule has 0 saturated heterocycles. The van der Waals surface area contributed by atoms with Crippen LogP contribution in [-0.2, 0) is 0 Å². The summed E-state index contributed by atoms with van der Waals surface area (Å²) in [7, 11) is 0. The second kappa shape index (κ2) is 7.91. The molecule has 0 atom stereocenters. The van der Waals surface area contributed by atoms with E-state index in [1.807, 2.05) is 38.1 Å². The third-order valence-corrected chi connectivity index (χ3v) is 7.33. The zero-order valence-corrected chi connectivity index (χ0v) is 18.3. The van der Waals surface area contributed by atoms with E-state index in [0.29, 0.717) is 11.2 Å². The third kappa shape index (κ3) is 3.33. The van der Waals surface area contributed by atoms with Crippen LogP contribution in [0.1, 0.15) is 43.2 Å². The molecule has 4 aromatic rings. The van der Waals surface area contributed by atoms with Gasteiger partial charge in [0.15, 0.2) is 5.16 Å². The largest absolute Gasteiger partial charge is 0.268 e. The van der Waals surface area contributed by atoms with Gasteiger partial charge in [-0.1, -0.05) is 55.3 Å². The number of para-hydroxylation sites is 1. The summed E-state index contributed by atoms with van der Waals surface area (Å²) in [6.45, 7) is 4.07. The fourth-order valence-electron chi connectivity index (χ4n) is 4.50. The third-order valence-electron chi connectivity index (χ3n) is 6.17. The van der Waals surface area contributed by atoms with Gasteiger partial charge in [-0.2, -0.15) is 0 Å². The summed E-state index contributed by atoms with van der Waals surface area (Å²) >= 11 is 1.77. The molecule has 2 heterocycles. The molecule has 1 saturated carbocycles. The van der Waals surface area contributed by atoms with Crippen LogP contribution in [0.15, 0.2) is 52.4 Å². The fourth-order valence-corrected chi connectivity index (χ4v) is 5.62. The SMILES string of the molecule is Cc1ccc(C)c(-n2c(=O)c3ccccc3n3c(SCC4CCCCC4)nnc23)c1. The summed E-state index contributed by atoms with van der Waals surface area (Å²) in [6.07, 6.45) is 6.64. The van der Waals surface area contributed by atoms with E-state index in [-0.39, 0.29) is 5.56 Å². The molecule has 0 bridgehead atoms. The van der Waals surface area contributed by atoms with Crippen molar-refractivity contribution < 1.29 is 0 Å². The van der Waals surface area contributed by atoms with Gasteiger partial charge in [0.25, 0.3) is 5.56 Å². The summed E-state index contributed by atoms with van der Waals surface area (Å²) in [5.41, 5.74) is 3.84. The molecule has 0 N–H and O–H groups in total. The molecule has 0 amide bonds. The number of nitrogens with zero attached hydrogens (tertiary/aromatic N) is 4. The van der Waals surface area contributed by atoms with Crippen LogP contribution in [0.3, 0.4) is 0 Å². The van der Waals surface area contributed by atoms with E-state index in [9.17, 15) is 4.79 Å². The molecule has 6 heteroatoms. The van der Waals surface area contributed by atoms with Gasteiger partial charge in [-0.15, -0.1) is 10.2 Å². The van der Waals surface area contributed by atoms with E-state index in [1.165, 1.54) is 32.1 Å². The zero-order valence-electron chi connectivity index (χ0n) is 17.5. The number of aromatic nitrogens is 4. The Bertz CT molecular complexity index is 1280. The predicted octanol–water partition coefficient (Wildman–Crippen LogP) is 5.32. The Labute approximate surface area is 180 Å². The second-order valence-corrected chi connectivity index (χ2v) is 9.37. The first-order valence-electron chi connectivity index (χ1n) is 10.7. The highest BCUT2D eigenvalue weighted by atomic mass is 32.2. The van der Waals surface area contributed by atoms with Gasteiger partial charge in [0.05, 0.1) is 16.6 Å². The van der Waals surface area contributed by atoms with Gasteiger partial charge in [0.1, 0.15) is 0 Å². The molecule has 2 aromatic carbocycles. The van der Waals surface area contributed by atoms with E-state index in [1.54, 1.807) is 16.3 Å². The van der Waals surface area contributed by atoms with E-state index >= 15 is 0 Å². The first kappa shape index (κ1) is 19.4. The Balaban J connectivity index is 1.71. The summed E-state index contributed by atoms with van der Waals surface area (Å²) in [5, 5.41) is 10.6. The van der Waals surface area contributed by atoms with Gasteiger partial charge >= 0.3 is 0 Å². The monoisotopic (exact) mass is 418 g/mol. The number of aryl methyl sites for hydroxylation is 2. The predicted molar refractivity (Wildman–Crippen MR) is 123 cm³/mol. The van der Waals surface area contributed by atoms with Crippen LogP contribution < -0.4 is 5.56 Å². The van der Waals surface area contributed by atoms with Crippen LogP contribution in [-0.4, -0.2) is 24.9 Å². The van der Waals surface area contributed by atoms with Gasteiger partial charge in [-0.25, -0.2) is 4.57 Å². The van der Waals surface area contributed by atoms with Crippen molar-refractivity contribution in [2.24, 2.45) is 5.92 Å². The van der Waals surface area contributed by atoms with E-state index in [0.717, 1.165) is 39.2 Å². The summed E-state index contributed by atoms with van der Waals surface area (Å²) < 4.78 is 3.79. The van der Waals surface area contributed by atoms with E-state index in [2.05, 4.69) is 32.8 Å². The van der Waals surface area contributed by atoms with E-state index in [4.69, 9.17) is 0 Å². The Hall–Kier alpha value is -2.60. The Morgan fingerprint density at radius 1 is 1.03 bits per heavy atom. The summed E-state index contributed by atoms with van der Waals surface area (Å²) in [6, 6.07) is 13.9. The number of hydrogen-bond donors (Lipinski definition) is 0. The van der Waals surface area contributed by atoms with Crippen molar-refractivity contribution in [1.82, 2.24) is 19.2 Å². The first-order chi connectivity index (χ1) is 14.6. The van der Waals surface area contributed by atoms with Crippen LogP contribution in [0, 0.1) is 19.8 Å². The molecule has 154 valence electrons. The molecule has 5 rings (SSSR count). The van der Waals surface area contributed by atoms with Gasteiger partial charge in [0, 0.05) is 5.75 Å². The lowest BCUT2D eigenvalue weighted by molar-refractivity contribution is 0.390. The molecular formula is C24H26N4OS. The van der Waals surface area contributed by atoms with Gasteiger partial charge in [-0.3, -0.25) is 9.20 Å². The smallest absolute Gasteiger partial charge is 0.267 e. The lowest BCUT2D eigenvalue weighted by atomic mass is 9.91. The zero-order chi connectivity index (χ0) is 20.7. The maximum atomic E-state index is 13.5. The minimum absolute atomic E-state index is 0.0527. The normalized spacial score (nSPS) is 15.3. The summed E-state index contributed by atoms with van der Waals surface area (Å²) in [5.74, 6) is 2.38. The molecule has 0 aliphatic heterocycles. The molecule has 1 aliphatic carbocycles. The van der Waals surface area contributed by atoms with Crippen LogP contribution in [0.5, 0.6) is 0 Å². The number of fused-ring (bicyclic) bond motifs is 3. The quantitative estimate of drug-likeness (QED) is 0.421. The lowest BCUT2D eigenvalue weighted by Crippen LogP contribution is -2.22. The van der Waals surface area contributed by atoms with Crippen LogP contribution in [0.25, 0.3) is 22.4 Å². The van der Waals surface area contributed by atoms with Gasteiger partial charge in [-0.05, 0) is 61.9 Å². The minimum atomic E-state index is -0.0527. The molecule has 5 nitrogen and oxygen atoms in total. The maximum absolute atomic E-state index is 13.5. The second-order valence-electron chi connectivity index (χ2n) is 8.38. The van der Waals surface area contributed by atoms with Crippen molar-refractivity contribution in [2.75, 3.05) is 5.75 Å². The molecule has 0 radical (unpaired) electrons. The van der Waals surface area contributed by atoms with Crippen molar-refractivity contribution in [2.45, 2.75) is 51.1 Å². The number of rotatable bonds is 4. The van der Waals surface area contributed by atoms with Gasteiger partial charge in [0.2, 0.25) is 5.78 Å². The van der Waals surface area contributed by atoms with E-state index < -0.39 is 0 Å².